The summed E-state index contributed by atoms with van der Waals surface area (Å²) in [5.74, 6) is -0.111. The first-order chi connectivity index (χ1) is 10.4. The number of nitrogens with zero attached hydrogens (tertiary/aromatic N) is 3. The fourth-order valence-electron chi connectivity index (χ4n) is 2.19. The summed E-state index contributed by atoms with van der Waals surface area (Å²) in [5.41, 5.74) is 1.36. The first-order valence-electron chi connectivity index (χ1n) is 6.36. The molecule has 0 unspecified atom stereocenters. The van der Waals surface area contributed by atoms with Crippen LogP contribution < -0.4 is 4.90 Å². The van der Waals surface area contributed by atoms with Gasteiger partial charge in [0.2, 0.25) is 5.91 Å². The summed E-state index contributed by atoms with van der Waals surface area (Å²) in [6.45, 7) is 0.487. The Morgan fingerprint density at radius 3 is 2.59 bits per heavy atom. The summed E-state index contributed by atoms with van der Waals surface area (Å²) in [5, 5.41) is 7.33. The van der Waals surface area contributed by atoms with Crippen molar-refractivity contribution in [2.75, 3.05) is 11.4 Å². The van der Waals surface area contributed by atoms with Crippen LogP contribution in [0.25, 0.3) is 0 Å². The van der Waals surface area contributed by atoms with E-state index >= 15 is 0 Å². The number of halogens is 3. The molecule has 9 heteroatoms. The number of hydrogen-bond donors (Lipinski definition) is 0. The van der Waals surface area contributed by atoms with Crippen molar-refractivity contribution < 1.29 is 18.0 Å². The van der Waals surface area contributed by atoms with Gasteiger partial charge in [-0.3, -0.25) is 4.79 Å². The highest BCUT2D eigenvalue weighted by Crippen LogP contribution is 2.35. The molecule has 1 aliphatic rings. The van der Waals surface area contributed by atoms with E-state index in [0.717, 1.165) is 12.1 Å². The molecule has 1 aliphatic heterocycles. The number of hydrogen-bond acceptors (Lipinski definition) is 5. The predicted molar refractivity (Wildman–Crippen MR) is 78.0 cm³/mol. The molecular weight excluding hydrogens is 335 g/mol. The summed E-state index contributed by atoms with van der Waals surface area (Å²) in [6.07, 6.45) is -3.74. The Morgan fingerprint density at radius 2 is 2.00 bits per heavy atom. The molecule has 4 nitrogen and oxygen atoms in total. The van der Waals surface area contributed by atoms with Crippen molar-refractivity contribution in [2.24, 2.45) is 0 Å². The quantitative estimate of drug-likeness (QED) is 0.855. The van der Waals surface area contributed by atoms with Gasteiger partial charge in [-0.25, -0.2) is 0 Å². The van der Waals surface area contributed by atoms with Gasteiger partial charge in [-0.15, -0.1) is 10.2 Å². The third-order valence-corrected chi connectivity index (χ3v) is 5.31. The topological polar surface area (TPSA) is 46.1 Å². The van der Waals surface area contributed by atoms with Crippen LogP contribution in [0.2, 0.25) is 0 Å². The number of benzene rings is 1. The number of carbonyl (C=O) groups excluding carboxylic acids is 1. The molecule has 0 N–H and O–H groups in total. The number of anilines is 1. The Kier molecular flexibility index (Phi) is 4.09. The summed E-state index contributed by atoms with van der Waals surface area (Å²) in [6, 6.07) is 4.65. The van der Waals surface area contributed by atoms with Crippen LogP contribution >= 0.6 is 23.1 Å². The van der Waals surface area contributed by atoms with E-state index in [-0.39, 0.29) is 11.2 Å². The summed E-state index contributed by atoms with van der Waals surface area (Å²) in [7, 11) is 0. The lowest BCUT2D eigenvalue weighted by Crippen LogP contribution is -2.28. The van der Waals surface area contributed by atoms with E-state index in [1.807, 2.05) is 0 Å². The van der Waals surface area contributed by atoms with E-state index in [4.69, 9.17) is 0 Å². The lowest BCUT2D eigenvalue weighted by Gasteiger charge is -2.17. The van der Waals surface area contributed by atoms with Crippen LogP contribution in [0.5, 0.6) is 0 Å². The first-order valence-corrected chi connectivity index (χ1v) is 8.12. The molecule has 0 saturated carbocycles. The molecule has 0 spiro atoms. The van der Waals surface area contributed by atoms with E-state index < -0.39 is 11.7 Å². The minimum absolute atomic E-state index is 0.111. The van der Waals surface area contributed by atoms with Crippen molar-refractivity contribution >= 4 is 34.7 Å². The fourth-order valence-corrected chi connectivity index (χ4v) is 3.95. The van der Waals surface area contributed by atoms with Gasteiger partial charge in [0.1, 0.15) is 5.51 Å². The molecule has 2 heterocycles. The van der Waals surface area contributed by atoms with Gasteiger partial charge in [-0.05, 0) is 30.7 Å². The lowest BCUT2D eigenvalue weighted by molar-refractivity contribution is -0.137. The van der Waals surface area contributed by atoms with Gasteiger partial charge < -0.3 is 4.90 Å². The summed E-state index contributed by atoms with van der Waals surface area (Å²) in [4.78, 5) is 13.9. The second kappa shape index (κ2) is 5.88. The highest BCUT2D eigenvalue weighted by molar-refractivity contribution is 8.02. The maximum atomic E-state index is 12.6. The molecular formula is C13H10F3N3OS2. The van der Waals surface area contributed by atoms with Crippen molar-refractivity contribution in [1.29, 1.82) is 0 Å². The van der Waals surface area contributed by atoms with Gasteiger partial charge >= 0.3 is 6.18 Å². The average molecular weight is 345 g/mol. The number of alkyl halides is 3. The highest BCUT2D eigenvalue weighted by Gasteiger charge is 2.35. The normalized spacial score (nSPS) is 19.0. The van der Waals surface area contributed by atoms with Crippen molar-refractivity contribution in [2.45, 2.75) is 22.2 Å². The van der Waals surface area contributed by atoms with Crippen molar-refractivity contribution in [3.8, 4) is 0 Å². The maximum absolute atomic E-state index is 12.6. The molecule has 1 saturated heterocycles. The Bertz CT molecular complexity index is 658. The van der Waals surface area contributed by atoms with E-state index in [1.54, 1.807) is 5.51 Å². The smallest absolute Gasteiger partial charge is 0.311 e. The standard InChI is InChI=1S/C13H10F3N3OS2/c14-13(15,16)8-1-3-9(4-2-8)19-6-5-10(11(19)20)22-12-18-17-7-21-12/h1-4,7,10H,5-6H2/t10-/m1/s1. The Labute approximate surface area is 132 Å². The monoisotopic (exact) mass is 345 g/mol. The second-order valence-corrected chi connectivity index (χ2v) is 6.92. The van der Waals surface area contributed by atoms with E-state index in [1.165, 1.54) is 40.1 Å². The molecule has 1 aromatic heterocycles. The van der Waals surface area contributed by atoms with Gasteiger partial charge in [0, 0.05) is 12.2 Å². The third kappa shape index (κ3) is 3.09. The van der Waals surface area contributed by atoms with Crippen molar-refractivity contribution in [3.05, 3.63) is 35.3 Å². The van der Waals surface area contributed by atoms with Crippen LogP contribution in [0, 0.1) is 0 Å². The SMILES string of the molecule is O=C1[C@H](Sc2nncs2)CCN1c1ccc(C(F)(F)F)cc1. The number of amides is 1. The highest BCUT2D eigenvalue weighted by atomic mass is 32.2. The Morgan fingerprint density at radius 1 is 1.27 bits per heavy atom. The van der Waals surface area contributed by atoms with Crippen LogP contribution in [0.1, 0.15) is 12.0 Å². The van der Waals surface area contributed by atoms with Crippen molar-refractivity contribution in [3.63, 3.8) is 0 Å². The molecule has 0 bridgehead atoms. The van der Waals surface area contributed by atoms with E-state index in [9.17, 15) is 18.0 Å². The zero-order valence-corrected chi connectivity index (χ0v) is 12.7. The van der Waals surface area contributed by atoms with Gasteiger partial charge in [0.25, 0.3) is 0 Å². The number of thioether (sulfide) groups is 1. The van der Waals surface area contributed by atoms with Gasteiger partial charge in [-0.1, -0.05) is 23.1 Å². The molecule has 0 aliphatic carbocycles. The van der Waals surface area contributed by atoms with Crippen molar-refractivity contribution in [1.82, 2.24) is 10.2 Å². The summed E-state index contributed by atoms with van der Waals surface area (Å²) >= 11 is 2.70. The van der Waals surface area contributed by atoms with Crippen LogP contribution in [0.4, 0.5) is 18.9 Å². The predicted octanol–water partition coefficient (Wildman–Crippen LogP) is 3.45. The maximum Gasteiger partial charge on any atom is 0.416 e. The Balaban J connectivity index is 1.72. The number of aromatic nitrogens is 2. The molecule has 2 aromatic rings. The number of rotatable bonds is 3. The Hall–Kier alpha value is -1.61. The van der Waals surface area contributed by atoms with E-state index in [0.29, 0.717) is 23.0 Å². The molecule has 1 amide bonds. The minimum Gasteiger partial charge on any atom is -0.311 e. The molecule has 22 heavy (non-hydrogen) atoms. The first kappa shape index (κ1) is 15.3. The van der Waals surface area contributed by atoms with Gasteiger partial charge in [0.05, 0.1) is 10.8 Å². The second-order valence-electron chi connectivity index (χ2n) is 4.63. The van der Waals surface area contributed by atoms with Crippen LogP contribution in [-0.4, -0.2) is 27.9 Å². The molecule has 3 rings (SSSR count). The molecule has 116 valence electrons. The van der Waals surface area contributed by atoms with E-state index in [2.05, 4.69) is 10.2 Å². The average Bonchev–Trinajstić information content (AvgIpc) is 3.10. The van der Waals surface area contributed by atoms with Crippen LogP contribution in [0.15, 0.2) is 34.1 Å². The molecule has 1 atom stereocenters. The molecule has 1 fully saturated rings. The molecule has 1 aromatic carbocycles. The largest absolute Gasteiger partial charge is 0.416 e. The molecule has 0 radical (unpaired) electrons. The van der Waals surface area contributed by atoms with Crippen LogP contribution in [-0.2, 0) is 11.0 Å². The number of carbonyl (C=O) groups is 1. The summed E-state index contributed by atoms with van der Waals surface area (Å²) < 4.78 is 38.4. The fraction of sp³-hybridized carbons (Fsp3) is 0.308. The minimum atomic E-state index is -4.37. The van der Waals surface area contributed by atoms with Crippen LogP contribution in [0.3, 0.4) is 0 Å². The zero-order chi connectivity index (χ0) is 15.7. The van der Waals surface area contributed by atoms with Gasteiger partial charge in [0.15, 0.2) is 4.34 Å². The lowest BCUT2D eigenvalue weighted by atomic mass is 10.2. The zero-order valence-electron chi connectivity index (χ0n) is 11.1. The van der Waals surface area contributed by atoms with Gasteiger partial charge in [-0.2, -0.15) is 13.2 Å². The third-order valence-electron chi connectivity index (χ3n) is 3.25.